The Hall–Kier alpha value is -1.14. The van der Waals surface area contributed by atoms with Crippen LogP contribution in [0.1, 0.15) is 51.4 Å². The highest BCUT2D eigenvalue weighted by Crippen LogP contribution is 2.49. The molecule has 6 nitrogen and oxygen atoms in total. The largest absolute Gasteiger partial charge is 0.481 e. The number of morpholine rings is 1. The maximum absolute atomic E-state index is 13.1. The Morgan fingerprint density at radius 2 is 1.80 bits per heavy atom. The van der Waals surface area contributed by atoms with Crippen LogP contribution in [0, 0.1) is 11.3 Å². The van der Waals surface area contributed by atoms with Crippen molar-refractivity contribution in [2.75, 3.05) is 39.4 Å². The zero-order chi connectivity index (χ0) is 17.5. The predicted molar refractivity (Wildman–Crippen MR) is 92.2 cm³/mol. The number of likely N-dealkylation sites (tertiary alicyclic amines) is 1. The van der Waals surface area contributed by atoms with E-state index >= 15 is 0 Å². The minimum atomic E-state index is -0.700. The van der Waals surface area contributed by atoms with Gasteiger partial charge in [0.05, 0.1) is 18.6 Å². The molecule has 0 radical (unpaired) electrons. The van der Waals surface area contributed by atoms with Crippen molar-refractivity contribution in [3.63, 3.8) is 0 Å². The highest BCUT2D eigenvalue weighted by Gasteiger charge is 2.56. The molecule has 1 N–H and O–H groups in total. The number of rotatable bonds is 4. The van der Waals surface area contributed by atoms with E-state index in [1.807, 2.05) is 4.90 Å². The Bertz CT molecular complexity index is 540. The zero-order valence-corrected chi connectivity index (χ0v) is 15.0. The molecule has 2 aliphatic heterocycles. The number of carboxylic acid groups (broad SMARTS) is 1. The summed E-state index contributed by atoms with van der Waals surface area (Å²) in [6.07, 6.45) is 7.75. The molecule has 2 atom stereocenters. The maximum atomic E-state index is 13.1. The fraction of sp³-hybridized carbons (Fsp3) is 0.895. The number of amides is 1. The van der Waals surface area contributed by atoms with E-state index in [4.69, 9.17) is 4.74 Å². The minimum absolute atomic E-state index is 0.0189. The summed E-state index contributed by atoms with van der Waals surface area (Å²) in [6, 6.07) is 0. The normalized spacial score (nSPS) is 35.0. The number of carbonyl (C=O) groups is 2. The third-order valence-electron chi connectivity index (χ3n) is 7.35. The summed E-state index contributed by atoms with van der Waals surface area (Å²) in [7, 11) is 0. The molecule has 0 aromatic heterocycles. The molecule has 25 heavy (non-hydrogen) atoms. The third-order valence-corrected chi connectivity index (χ3v) is 7.35. The Kier molecular flexibility index (Phi) is 4.52. The van der Waals surface area contributed by atoms with Gasteiger partial charge in [-0.15, -0.1) is 0 Å². The monoisotopic (exact) mass is 350 g/mol. The van der Waals surface area contributed by atoms with Crippen LogP contribution in [-0.4, -0.2) is 71.7 Å². The van der Waals surface area contributed by atoms with E-state index in [0.717, 1.165) is 58.4 Å². The average molecular weight is 350 g/mol. The summed E-state index contributed by atoms with van der Waals surface area (Å²) in [4.78, 5) is 29.3. The van der Waals surface area contributed by atoms with Gasteiger partial charge in [0.25, 0.3) is 0 Å². The standard InChI is InChI=1S/C19H30N2O4/c22-16(20-13-15-4-3-7-19(15,14-20)17(23)24)12-18(5-1-2-6-18)21-8-10-25-11-9-21/h15H,1-14H2,(H,23,24)/t15-,19+/m0/s1. The number of hydrogen-bond acceptors (Lipinski definition) is 4. The second kappa shape index (κ2) is 6.54. The lowest BCUT2D eigenvalue weighted by molar-refractivity contribution is -0.149. The second-order valence-electron chi connectivity index (χ2n) is 8.53. The Morgan fingerprint density at radius 1 is 1.08 bits per heavy atom. The molecule has 6 heteroatoms. The lowest BCUT2D eigenvalue weighted by Crippen LogP contribution is -2.54. The summed E-state index contributed by atoms with van der Waals surface area (Å²) in [5.41, 5.74) is -0.688. The van der Waals surface area contributed by atoms with Gasteiger partial charge in [0.1, 0.15) is 0 Å². The van der Waals surface area contributed by atoms with E-state index in [1.165, 1.54) is 12.8 Å². The number of fused-ring (bicyclic) bond motifs is 1. The predicted octanol–water partition coefficient (Wildman–Crippen LogP) is 1.73. The summed E-state index contributed by atoms with van der Waals surface area (Å²) < 4.78 is 5.50. The van der Waals surface area contributed by atoms with Crippen molar-refractivity contribution in [3.05, 3.63) is 0 Å². The van der Waals surface area contributed by atoms with Crippen molar-refractivity contribution >= 4 is 11.9 Å². The van der Waals surface area contributed by atoms with Gasteiger partial charge >= 0.3 is 5.97 Å². The summed E-state index contributed by atoms with van der Waals surface area (Å²) in [5.74, 6) is -0.380. The van der Waals surface area contributed by atoms with E-state index in [1.54, 1.807) is 0 Å². The number of nitrogens with zero attached hydrogens (tertiary/aromatic N) is 2. The van der Waals surface area contributed by atoms with Crippen LogP contribution < -0.4 is 0 Å². The highest BCUT2D eigenvalue weighted by molar-refractivity contribution is 5.82. The van der Waals surface area contributed by atoms with Gasteiger partial charge in [-0.05, 0) is 31.6 Å². The quantitative estimate of drug-likeness (QED) is 0.836. The van der Waals surface area contributed by atoms with Crippen LogP contribution in [0.25, 0.3) is 0 Å². The van der Waals surface area contributed by atoms with Crippen LogP contribution >= 0.6 is 0 Å². The lowest BCUT2D eigenvalue weighted by atomic mass is 9.81. The molecular weight excluding hydrogens is 320 g/mol. The molecule has 4 fully saturated rings. The van der Waals surface area contributed by atoms with E-state index in [-0.39, 0.29) is 17.4 Å². The molecule has 4 rings (SSSR count). The van der Waals surface area contributed by atoms with Crippen LogP contribution in [0.3, 0.4) is 0 Å². The summed E-state index contributed by atoms with van der Waals surface area (Å²) in [5, 5.41) is 9.75. The van der Waals surface area contributed by atoms with Crippen molar-refractivity contribution in [2.45, 2.75) is 56.9 Å². The van der Waals surface area contributed by atoms with Gasteiger partial charge in [-0.2, -0.15) is 0 Å². The van der Waals surface area contributed by atoms with Crippen LogP contribution in [0.2, 0.25) is 0 Å². The molecule has 4 aliphatic rings. The molecule has 0 unspecified atom stereocenters. The topological polar surface area (TPSA) is 70.1 Å². The first-order valence-electron chi connectivity index (χ1n) is 9.90. The van der Waals surface area contributed by atoms with Crippen molar-refractivity contribution in [3.8, 4) is 0 Å². The number of aliphatic carboxylic acids is 1. The number of hydrogen-bond donors (Lipinski definition) is 1. The molecule has 0 bridgehead atoms. The molecule has 0 spiro atoms. The Morgan fingerprint density at radius 3 is 2.44 bits per heavy atom. The van der Waals surface area contributed by atoms with Gasteiger partial charge in [0.15, 0.2) is 0 Å². The van der Waals surface area contributed by atoms with E-state index in [2.05, 4.69) is 4.90 Å². The second-order valence-corrected chi connectivity index (χ2v) is 8.53. The van der Waals surface area contributed by atoms with E-state index < -0.39 is 11.4 Å². The third kappa shape index (κ3) is 2.87. The van der Waals surface area contributed by atoms with Crippen molar-refractivity contribution in [1.82, 2.24) is 9.80 Å². The smallest absolute Gasteiger partial charge is 0.311 e. The molecule has 2 aliphatic carbocycles. The minimum Gasteiger partial charge on any atom is -0.481 e. The fourth-order valence-corrected chi connectivity index (χ4v) is 5.90. The number of carboxylic acids is 1. The first-order chi connectivity index (χ1) is 12.1. The van der Waals surface area contributed by atoms with Gasteiger partial charge < -0.3 is 14.7 Å². The fourth-order valence-electron chi connectivity index (χ4n) is 5.90. The number of carbonyl (C=O) groups excluding carboxylic acids is 1. The van der Waals surface area contributed by atoms with Gasteiger partial charge in [-0.25, -0.2) is 0 Å². The zero-order valence-electron chi connectivity index (χ0n) is 15.0. The summed E-state index contributed by atoms with van der Waals surface area (Å²) >= 11 is 0. The number of ether oxygens (including phenoxy) is 1. The molecule has 2 heterocycles. The molecule has 2 saturated carbocycles. The first kappa shape index (κ1) is 17.3. The van der Waals surface area contributed by atoms with Gasteiger partial charge in [-0.3, -0.25) is 14.5 Å². The molecule has 140 valence electrons. The van der Waals surface area contributed by atoms with Crippen molar-refractivity contribution < 1.29 is 19.4 Å². The molecule has 0 aromatic carbocycles. The maximum Gasteiger partial charge on any atom is 0.311 e. The van der Waals surface area contributed by atoms with Gasteiger partial charge in [0.2, 0.25) is 5.91 Å². The van der Waals surface area contributed by atoms with E-state index in [9.17, 15) is 14.7 Å². The van der Waals surface area contributed by atoms with Crippen LogP contribution in [0.4, 0.5) is 0 Å². The molecular formula is C19H30N2O4. The van der Waals surface area contributed by atoms with Crippen LogP contribution in [-0.2, 0) is 14.3 Å². The summed E-state index contributed by atoms with van der Waals surface area (Å²) in [6.45, 7) is 4.40. The van der Waals surface area contributed by atoms with E-state index in [0.29, 0.717) is 19.5 Å². The van der Waals surface area contributed by atoms with Crippen molar-refractivity contribution in [2.24, 2.45) is 11.3 Å². The van der Waals surface area contributed by atoms with Crippen LogP contribution in [0.5, 0.6) is 0 Å². The first-order valence-corrected chi connectivity index (χ1v) is 9.90. The van der Waals surface area contributed by atoms with Crippen molar-refractivity contribution in [1.29, 1.82) is 0 Å². The molecule has 2 saturated heterocycles. The average Bonchev–Trinajstić information content (AvgIpc) is 3.30. The van der Waals surface area contributed by atoms with Gasteiger partial charge in [-0.1, -0.05) is 19.3 Å². The van der Waals surface area contributed by atoms with Crippen LogP contribution in [0.15, 0.2) is 0 Å². The Balaban J connectivity index is 1.47. The molecule has 1 amide bonds. The SMILES string of the molecule is O=C(CC1(N2CCOCC2)CCCC1)N1C[C@@H]2CCC[C@@]2(C(=O)O)C1. The lowest BCUT2D eigenvalue weighted by Gasteiger charge is -2.43. The molecule has 0 aromatic rings. The highest BCUT2D eigenvalue weighted by atomic mass is 16.5. The Labute approximate surface area is 149 Å². The van der Waals surface area contributed by atoms with Gasteiger partial charge in [0, 0.05) is 38.1 Å².